The number of para-hydroxylation sites is 1. The molecule has 2 aromatic rings. The van der Waals surface area contributed by atoms with E-state index in [1.165, 1.54) is 11.8 Å². The zero-order valence-electron chi connectivity index (χ0n) is 13.9. The molecule has 0 spiro atoms. The van der Waals surface area contributed by atoms with Gasteiger partial charge in [0, 0.05) is 29.2 Å². The van der Waals surface area contributed by atoms with Crippen molar-refractivity contribution in [2.45, 2.75) is 43.5 Å². The topological polar surface area (TPSA) is 76.0 Å². The fourth-order valence-electron chi connectivity index (χ4n) is 2.64. The van der Waals surface area contributed by atoms with Crippen LogP contribution in [0.1, 0.15) is 25.1 Å². The average molecular weight is 344 g/mol. The van der Waals surface area contributed by atoms with Gasteiger partial charge in [-0.25, -0.2) is 0 Å². The van der Waals surface area contributed by atoms with Crippen LogP contribution in [0.15, 0.2) is 35.4 Å². The van der Waals surface area contributed by atoms with E-state index in [1.54, 1.807) is 13.1 Å². The SMILES string of the molecule is CCn1ncc(CNC(=O)[C@@]2(C)Sc3ccccc3NC2=O)c1C. The molecule has 0 unspecified atom stereocenters. The molecule has 3 rings (SSSR count). The maximum absolute atomic E-state index is 12.7. The second-order valence-corrected chi connectivity index (χ2v) is 7.30. The van der Waals surface area contributed by atoms with Gasteiger partial charge in [0.05, 0.1) is 11.9 Å². The molecule has 6 nitrogen and oxygen atoms in total. The van der Waals surface area contributed by atoms with E-state index in [-0.39, 0.29) is 11.8 Å². The smallest absolute Gasteiger partial charge is 0.250 e. The number of carbonyl (C=O) groups is 2. The van der Waals surface area contributed by atoms with Crippen molar-refractivity contribution in [3.8, 4) is 0 Å². The molecular weight excluding hydrogens is 324 g/mol. The molecule has 0 bridgehead atoms. The summed E-state index contributed by atoms with van der Waals surface area (Å²) in [5.74, 6) is -0.604. The van der Waals surface area contributed by atoms with Crippen molar-refractivity contribution in [2.75, 3.05) is 5.32 Å². The number of hydrogen-bond acceptors (Lipinski definition) is 4. The van der Waals surface area contributed by atoms with E-state index in [9.17, 15) is 9.59 Å². The van der Waals surface area contributed by atoms with Crippen LogP contribution in [0.2, 0.25) is 0 Å². The molecule has 126 valence electrons. The molecule has 0 saturated carbocycles. The molecule has 24 heavy (non-hydrogen) atoms. The Morgan fingerprint density at radius 2 is 2.17 bits per heavy atom. The van der Waals surface area contributed by atoms with Crippen molar-refractivity contribution >= 4 is 29.3 Å². The first-order valence-corrected chi connectivity index (χ1v) is 8.66. The largest absolute Gasteiger partial charge is 0.350 e. The molecular formula is C17H20N4O2S. The maximum atomic E-state index is 12.7. The molecule has 2 N–H and O–H groups in total. The van der Waals surface area contributed by atoms with Gasteiger partial charge in [0.25, 0.3) is 0 Å². The number of aryl methyl sites for hydroxylation is 1. The molecule has 7 heteroatoms. The summed E-state index contributed by atoms with van der Waals surface area (Å²) in [6, 6.07) is 7.49. The van der Waals surface area contributed by atoms with Gasteiger partial charge in [-0.2, -0.15) is 5.10 Å². The summed E-state index contributed by atoms with van der Waals surface area (Å²) >= 11 is 1.28. The third-order valence-electron chi connectivity index (χ3n) is 4.26. The Hall–Kier alpha value is -2.28. The van der Waals surface area contributed by atoms with Gasteiger partial charge in [0.15, 0.2) is 4.75 Å². The number of nitrogens with zero attached hydrogens (tertiary/aromatic N) is 2. The van der Waals surface area contributed by atoms with Crippen LogP contribution in [-0.2, 0) is 22.7 Å². The summed E-state index contributed by atoms with van der Waals surface area (Å²) in [5.41, 5.74) is 2.72. The number of hydrogen-bond donors (Lipinski definition) is 2. The Morgan fingerprint density at radius 1 is 1.42 bits per heavy atom. The van der Waals surface area contributed by atoms with Gasteiger partial charge in [0.1, 0.15) is 0 Å². The third kappa shape index (κ3) is 2.80. The maximum Gasteiger partial charge on any atom is 0.250 e. The highest BCUT2D eigenvalue weighted by Gasteiger charge is 2.45. The summed E-state index contributed by atoms with van der Waals surface area (Å²) in [6.45, 7) is 6.78. The van der Waals surface area contributed by atoms with E-state index in [0.29, 0.717) is 6.54 Å². The molecule has 2 heterocycles. The van der Waals surface area contributed by atoms with Crippen molar-refractivity contribution in [3.63, 3.8) is 0 Å². The fourth-order valence-corrected chi connectivity index (χ4v) is 3.76. The first-order valence-electron chi connectivity index (χ1n) is 7.84. The molecule has 2 amide bonds. The van der Waals surface area contributed by atoms with Crippen LogP contribution < -0.4 is 10.6 Å². The summed E-state index contributed by atoms with van der Waals surface area (Å²) in [5, 5.41) is 9.96. The highest BCUT2D eigenvalue weighted by atomic mass is 32.2. The minimum absolute atomic E-state index is 0.301. The highest BCUT2D eigenvalue weighted by Crippen LogP contribution is 2.42. The van der Waals surface area contributed by atoms with Gasteiger partial charge in [-0.05, 0) is 32.9 Å². The zero-order valence-corrected chi connectivity index (χ0v) is 14.7. The van der Waals surface area contributed by atoms with Crippen LogP contribution in [0.4, 0.5) is 5.69 Å². The molecule has 1 aliphatic rings. The monoisotopic (exact) mass is 344 g/mol. The van der Waals surface area contributed by atoms with Gasteiger partial charge >= 0.3 is 0 Å². The highest BCUT2D eigenvalue weighted by molar-refractivity contribution is 8.02. The quantitative estimate of drug-likeness (QED) is 0.835. The molecule has 0 aliphatic carbocycles. The number of rotatable bonds is 4. The number of benzene rings is 1. The van der Waals surface area contributed by atoms with Crippen molar-refractivity contribution < 1.29 is 9.59 Å². The Labute approximate surface area is 145 Å². The average Bonchev–Trinajstić information content (AvgIpc) is 2.93. The van der Waals surface area contributed by atoms with Gasteiger partial charge in [-0.3, -0.25) is 14.3 Å². The number of amides is 2. The lowest BCUT2D eigenvalue weighted by Crippen LogP contribution is -2.51. The van der Waals surface area contributed by atoms with Crippen LogP contribution >= 0.6 is 11.8 Å². The van der Waals surface area contributed by atoms with E-state index in [2.05, 4.69) is 15.7 Å². The molecule has 0 saturated heterocycles. The molecule has 1 aliphatic heterocycles. The minimum Gasteiger partial charge on any atom is -0.350 e. The number of thioether (sulfide) groups is 1. The first kappa shape index (κ1) is 16.6. The van der Waals surface area contributed by atoms with E-state index in [1.807, 2.05) is 42.8 Å². The zero-order chi connectivity index (χ0) is 17.3. The summed E-state index contributed by atoms with van der Waals surface area (Å²) in [6.07, 6.45) is 1.75. The van der Waals surface area contributed by atoms with Crippen molar-refractivity contribution in [2.24, 2.45) is 0 Å². The number of carbonyl (C=O) groups excluding carboxylic acids is 2. The lowest BCUT2D eigenvalue weighted by atomic mass is 10.1. The second kappa shape index (κ2) is 6.32. The van der Waals surface area contributed by atoms with Crippen LogP contribution in [0.5, 0.6) is 0 Å². The van der Waals surface area contributed by atoms with E-state index in [0.717, 1.165) is 28.4 Å². The normalized spacial score (nSPS) is 19.5. The fraction of sp³-hybridized carbons (Fsp3) is 0.353. The molecule has 0 fully saturated rings. The Balaban J connectivity index is 1.74. The number of aromatic nitrogens is 2. The van der Waals surface area contributed by atoms with Crippen molar-refractivity contribution in [1.82, 2.24) is 15.1 Å². The Kier molecular flexibility index (Phi) is 4.36. The van der Waals surface area contributed by atoms with E-state index < -0.39 is 4.75 Å². The van der Waals surface area contributed by atoms with Crippen LogP contribution in [-0.4, -0.2) is 26.3 Å². The Morgan fingerprint density at radius 3 is 2.88 bits per heavy atom. The lowest BCUT2D eigenvalue weighted by Gasteiger charge is -2.31. The second-order valence-electron chi connectivity index (χ2n) is 5.84. The van der Waals surface area contributed by atoms with Gasteiger partial charge in [-0.1, -0.05) is 23.9 Å². The first-order chi connectivity index (χ1) is 11.5. The van der Waals surface area contributed by atoms with Gasteiger partial charge in [0.2, 0.25) is 11.8 Å². The number of nitrogens with one attached hydrogen (secondary N) is 2. The van der Waals surface area contributed by atoms with Crippen molar-refractivity contribution in [3.05, 3.63) is 41.7 Å². The summed E-state index contributed by atoms with van der Waals surface area (Å²) in [7, 11) is 0. The summed E-state index contributed by atoms with van der Waals surface area (Å²) < 4.78 is 0.685. The third-order valence-corrected chi connectivity index (χ3v) is 5.61. The van der Waals surface area contributed by atoms with E-state index in [4.69, 9.17) is 0 Å². The number of fused-ring (bicyclic) bond motifs is 1. The predicted molar refractivity (Wildman–Crippen MR) is 93.8 cm³/mol. The lowest BCUT2D eigenvalue weighted by molar-refractivity contribution is -0.130. The summed E-state index contributed by atoms with van der Waals surface area (Å²) in [4.78, 5) is 26.0. The van der Waals surface area contributed by atoms with Crippen LogP contribution in [0, 0.1) is 6.92 Å². The molecule has 0 radical (unpaired) electrons. The van der Waals surface area contributed by atoms with Crippen molar-refractivity contribution in [1.29, 1.82) is 0 Å². The van der Waals surface area contributed by atoms with Gasteiger partial charge < -0.3 is 10.6 Å². The predicted octanol–water partition coefficient (Wildman–Crippen LogP) is 2.33. The number of anilines is 1. The van der Waals surface area contributed by atoms with Gasteiger partial charge in [-0.15, -0.1) is 0 Å². The van der Waals surface area contributed by atoms with E-state index >= 15 is 0 Å². The van der Waals surface area contributed by atoms with Crippen LogP contribution in [0.3, 0.4) is 0 Å². The minimum atomic E-state index is -1.19. The molecule has 1 atom stereocenters. The molecule has 1 aromatic carbocycles. The van der Waals surface area contributed by atoms with Crippen LogP contribution in [0.25, 0.3) is 0 Å². The molecule has 1 aromatic heterocycles. The Bertz CT molecular complexity index is 802. The standard InChI is InChI=1S/C17H20N4O2S/c1-4-21-11(2)12(10-19-21)9-18-15(22)17(3)16(23)20-13-7-5-6-8-14(13)24-17/h5-8,10H,4,9H2,1-3H3,(H,18,22)(H,20,23)/t17-/m1/s1.